The molecular weight excluding hydrogens is 150 g/mol. The second kappa shape index (κ2) is 3.30. The fourth-order valence-corrected chi connectivity index (χ4v) is 1.58. The van der Waals surface area contributed by atoms with Crippen LogP contribution in [-0.4, -0.2) is 11.9 Å². The molecule has 0 heterocycles. The molecule has 1 N–H and O–H groups in total. The molecular formula is C10H15NO. The summed E-state index contributed by atoms with van der Waals surface area (Å²) in [6.45, 7) is 0. The van der Waals surface area contributed by atoms with Crippen LogP contribution in [0.25, 0.3) is 0 Å². The normalized spacial score (nSPS) is 28.5. The highest BCUT2D eigenvalue weighted by Gasteiger charge is 2.27. The molecule has 2 nitrogen and oxygen atoms in total. The topological polar surface area (TPSA) is 29.1 Å². The van der Waals surface area contributed by atoms with Gasteiger partial charge in [-0.2, -0.15) is 0 Å². The molecule has 0 aliphatic heterocycles. The molecule has 0 spiro atoms. The molecule has 0 radical (unpaired) electrons. The summed E-state index contributed by atoms with van der Waals surface area (Å²) < 4.78 is 0. The molecule has 0 aromatic rings. The Morgan fingerprint density at radius 2 is 2.08 bits per heavy atom. The second-order valence-electron chi connectivity index (χ2n) is 3.76. The third-order valence-corrected chi connectivity index (χ3v) is 2.56. The number of carbonyl (C=O) groups excluding carboxylic acids is 1. The molecule has 1 unspecified atom stereocenters. The Morgan fingerprint density at radius 1 is 1.25 bits per heavy atom. The van der Waals surface area contributed by atoms with Crippen LogP contribution < -0.4 is 5.32 Å². The summed E-state index contributed by atoms with van der Waals surface area (Å²) in [7, 11) is 0. The van der Waals surface area contributed by atoms with Gasteiger partial charge in [0.25, 0.3) is 0 Å². The van der Waals surface area contributed by atoms with E-state index in [0.29, 0.717) is 6.04 Å². The van der Waals surface area contributed by atoms with Gasteiger partial charge in [0.05, 0.1) is 0 Å². The van der Waals surface area contributed by atoms with Gasteiger partial charge in [-0.3, -0.25) is 4.79 Å². The lowest BCUT2D eigenvalue weighted by Crippen LogP contribution is -2.32. The molecule has 2 aliphatic carbocycles. The van der Waals surface area contributed by atoms with Crippen molar-refractivity contribution in [3.8, 4) is 0 Å². The lowest BCUT2D eigenvalue weighted by Gasteiger charge is -2.16. The summed E-state index contributed by atoms with van der Waals surface area (Å²) in [5.41, 5.74) is 0. The fourth-order valence-electron chi connectivity index (χ4n) is 1.58. The van der Waals surface area contributed by atoms with E-state index in [4.69, 9.17) is 0 Å². The molecule has 2 rings (SSSR count). The van der Waals surface area contributed by atoms with Gasteiger partial charge in [-0.05, 0) is 32.1 Å². The van der Waals surface area contributed by atoms with E-state index in [0.717, 1.165) is 19.3 Å². The fraction of sp³-hybridized carbons (Fsp3) is 0.700. The lowest BCUT2D eigenvalue weighted by atomic mass is 9.94. The zero-order valence-electron chi connectivity index (χ0n) is 7.25. The quantitative estimate of drug-likeness (QED) is 0.619. The highest BCUT2D eigenvalue weighted by Crippen LogP contribution is 2.22. The predicted octanol–water partition coefficient (Wildman–Crippen LogP) is 1.62. The summed E-state index contributed by atoms with van der Waals surface area (Å²) in [4.78, 5) is 11.5. The molecule has 12 heavy (non-hydrogen) atoms. The van der Waals surface area contributed by atoms with Crippen LogP contribution in [0.3, 0.4) is 0 Å². The zero-order chi connectivity index (χ0) is 8.39. The van der Waals surface area contributed by atoms with Gasteiger partial charge in [0.1, 0.15) is 0 Å². The van der Waals surface area contributed by atoms with Crippen molar-refractivity contribution >= 4 is 5.91 Å². The summed E-state index contributed by atoms with van der Waals surface area (Å²) in [5, 5.41) is 3.05. The first-order valence-corrected chi connectivity index (χ1v) is 4.81. The van der Waals surface area contributed by atoms with Gasteiger partial charge < -0.3 is 5.32 Å². The van der Waals surface area contributed by atoms with E-state index in [9.17, 15) is 4.79 Å². The van der Waals surface area contributed by atoms with E-state index in [1.54, 1.807) is 0 Å². The standard InChI is InChI=1S/C10H15NO/c12-10(11-9-6-7-9)8-4-2-1-3-5-8/h1-2,8-9H,3-7H2,(H,11,12). The Kier molecular flexibility index (Phi) is 2.15. The Bertz CT molecular complexity index is 206. The first-order valence-electron chi connectivity index (χ1n) is 4.81. The van der Waals surface area contributed by atoms with Gasteiger partial charge in [0.15, 0.2) is 0 Å². The molecule has 1 amide bonds. The molecule has 1 atom stereocenters. The van der Waals surface area contributed by atoms with Gasteiger partial charge in [-0.1, -0.05) is 12.2 Å². The second-order valence-corrected chi connectivity index (χ2v) is 3.76. The molecule has 0 bridgehead atoms. The molecule has 0 aromatic carbocycles. The van der Waals surface area contributed by atoms with Crippen molar-refractivity contribution in [1.29, 1.82) is 0 Å². The molecule has 1 fully saturated rings. The maximum absolute atomic E-state index is 11.5. The van der Waals surface area contributed by atoms with Crippen molar-refractivity contribution < 1.29 is 4.79 Å². The number of hydrogen-bond donors (Lipinski definition) is 1. The van der Waals surface area contributed by atoms with Crippen LogP contribution in [0.5, 0.6) is 0 Å². The van der Waals surface area contributed by atoms with E-state index >= 15 is 0 Å². The molecule has 0 aromatic heterocycles. The van der Waals surface area contributed by atoms with Gasteiger partial charge >= 0.3 is 0 Å². The molecule has 2 heteroatoms. The van der Waals surface area contributed by atoms with Gasteiger partial charge in [-0.15, -0.1) is 0 Å². The van der Waals surface area contributed by atoms with Crippen LogP contribution in [-0.2, 0) is 4.79 Å². The third-order valence-electron chi connectivity index (χ3n) is 2.56. The van der Waals surface area contributed by atoms with Crippen molar-refractivity contribution in [1.82, 2.24) is 5.32 Å². The van der Waals surface area contributed by atoms with E-state index in [1.165, 1.54) is 12.8 Å². The average molecular weight is 165 g/mol. The molecule has 66 valence electrons. The summed E-state index contributed by atoms with van der Waals surface area (Å²) in [5.74, 6) is 0.539. The number of allylic oxidation sites excluding steroid dienone is 2. The highest BCUT2D eigenvalue weighted by atomic mass is 16.2. The number of nitrogens with one attached hydrogen (secondary N) is 1. The smallest absolute Gasteiger partial charge is 0.223 e. The maximum atomic E-state index is 11.5. The Morgan fingerprint density at radius 3 is 2.67 bits per heavy atom. The van der Waals surface area contributed by atoms with Crippen molar-refractivity contribution in [3.63, 3.8) is 0 Å². The summed E-state index contributed by atoms with van der Waals surface area (Å²) in [6, 6.07) is 0.517. The van der Waals surface area contributed by atoms with Crippen LogP contribution in [0.2, 0.25) is 0 Å². The minimum absolute atomic E-state index is 0.260. The van der Waals surface area contributed by atoms with Crippen molar-refractivity contribution in [2.45, 2.75) is 38.1 Å². The van der Waals surface area contributed by atoms with Crippen molar-refractivity contribution in [3.05, 3.63) is 12.2 Å². The van der Waals surface area contributed by atoms with Gasteiger partial charge in [0.2, 0.25) is 5.91 Å². The number of carbonyl (C=O) groups is 1. The average Bonchev–Trinajstić information content (AvgIpc) is 2.90. The highest BCUT2D eigenvalue weighted by molar-refractivity contribution is 5.79. The number of rotatable bonds is 2. The van der Waals surface area contributed by atoms with Crippen LogP contribution in [0.4, 0.5) is 0 Å². The SMILES string of the molecule is O=C(NC1CC1)C1CC=CCC1. The van der Waals surface area contributed by atoms with E-state index < -0.39 is 0 Å². The minimum atomic E-state index is 0.260. The van der Waals surface area contributed by atoms with E-state index in [1.807, 2.05) is 0 Å². The van der Waals surface area contributed by atoms with Crippen molar-refractivity contribution in [2.75, 3.05) is 0 Å². The third kappa shape index (κ3) is 1.87. The number of hydrogen-bond acceptors (Lipinski definition) is 1. The molecule has 2 aliphatic rings. The molecule has 0 saturated heterocycles. The van der Waals surface area contributed by atoms with Gasteiger partial charge in [0, 0.05) is 12.0 Å². The lowest BCUT2D eigenvalue weighted by molar-refractivity contribution is -0.125. The first-order chi connectivity index (χ1) is 5.86. The van der Waals surface area contributed by atoms with E-state index in [2.05, 4.69) is 17.5 Å². The van der Waals surface area contributed by atoms with Crippen molar-refractivity contribution in [2.24, 2.45) is 5.92 Å². The van der Waals surface area contributed by atoms with Crippen LogP contribution in [0.1, 0.15) is 32.1 Å². The Labute approximate surface area is 73.0 Å². The summed E-state index contributed by atoms with van der Waals surface area (Å²) in [6.07, 6.45) is 9.72. The zero-order valence-corrected chi connectivity index (χ0v) is 7.25. The minimum Gasteiger partial charge on any atom is -0.353 e. The monoisotopic (exact) mass is 165 g/mol. The Hall–Kier alpha value is -0.790. The maximum Gasteiger partial charge on any atom is 0.223 e. The number of amides is 1. The van der Waals surface area contributed by atoms with Crippen LogP contribution >= 0.6 is 0 Å². The van der Waals surface area contributed by atoms with Crippen LogP contribution in [0.15, 0.2) is 12.2 Å². The first kappa shape index (κ1) is 7.84. The van der Waals surface area contributed by atoms with E-state index in [-0.39, 0.29) is 11.8 Å². The van der Waals surface area contributed by atoms with Crippen LogP contribution in [0, 0.1) is 5.92 Å². The molecule has 1 saturated carbocycles. The van der Waals surface area contributed by atoms with Gasteiger partial charge in [-0.25, -0.2) is 0 Å². The predicted molar refractivity (Wildman–Crippen MR) is 47.6 cm³/mol. The Balaban J connectivity index is 1.81. The largest absolute Gasteiger partial charge is 0.353 e. The summed E-state index contributed by atoms with van der Waals surface area (Å²) >= 11 is 0.